The molecule has 1 aromatic carbocycles. The van der Waals surface area contributed by atoms with E-state index in [0.29, 0.717) is 0 Å². The maximum atomic E-state index is 3.51. The molecule has 0 aliphatic heterocycles. The van der Waals surface area contributed by atoms with Crippen LogP contribution in [0.1, 0.15) is 5.69 Å². The number of nitrogens with one attached hydrogen (secondary N) is 2. The summed E-state index contributed by atoms with van der Waals surface area (Å²) in [6.07, 6.45) is 1.92. The van der Waals surface area contributed by atoms with Gasteiger partial charge in [-0.3, -0.25) is 0 Å². The van der Waals surface area contributed by atoms with Crippen molar-refractivity contribution in [3.8, 4) is 0 Å². The van der Waals surface area contributed by atoms with Crippen molar-refractivity contribution in [1.29, 1.82) is 0 Å². The molecular weight excluding hydrogens is 320 g/mol. The minimum absolute atomic E-state index is 0.786. The number of para-hydroxylation sites is 1. The average molecular weight is 330 g/mol. The van der Waals surface area contributed by atoms with E-state index < -0.39 is 0 Å². The van der Waals surface area contributed by atoms with Gasteiger partial charge in [-0.1, -0.05) is 6.07 Å². The van der Waals surface area contributed by atoms with Crippen molar-refractivity contribution in [3.63, 3.8) is 0 Å². The first-order valence-electron chi connectivity index (χ1n) is 4.57. The van der Waals surface area contributed by atoms with Crippen LogP contribution in [0.25, 0.3) is 0 Å². The number of rotatable bonds is 3. The Morgan fingerprint density at radius 2 is 1.80 bits per heavy atom. The van der Waals surface area contributed by atoms with E-state index in [-0.39, 0.29) is 0 Å². The van der Waals surface area contributed by atoms with Crippen molar-refractivity contribution >= 4 is 37.5 Å². The molecule has 2 N–H and O–H groups in total. The van der Waals surface area contributed by atoms with Crippen LogP contribution in [-0.2, 0) is 6.54 Å². The fraction of sp³-hybridized carbons (Fsp3) is 0.0909. The zero-order chi connectivity index (χ0) is 10.7. The molecule has 2 nitrogen and oxygen atoms in total. The summed E-state index contributed by atoms with van der Waals surface area (Å²) in [5.74, 6) is 0. The van der Waals surface area contributed by atoms with Gasteiger partial charge in [-0.25, -0.2) is 0 Å². The Bertz CT molecular complexity index is 418. The fourth-order valence-corrected chi connectivity index (χ4v) is 2.61. The van der Waals surface area contributed by atoms with Crippen molar-refractivity contribution in [3.05, 3.63) is 51.2 Å². The third-order valence-corrected chi connectivity index (χ3v) is 3.40. The van der Waals surface area contributed by atoms with Crippen molar-refractivity contribution in [1.82, 2.24) is 4.98 Å². The van der Waals surface area contributed by atoms with Crippen LogP contribution in [0.3, 0.4) is 0 Å². The van der Waals surface area contributed by atoms with E-state index in [1.165, 1.54) is 0 Å². The molecule has 0 aliphatic rings. The van der Waals surface area contributed by atoms with E-state index in [0.717, 1.165) is 26.9 Å². The number of aromatic amines is 1. The predicted octanol–water partition coefficient (Wildman–Crippen LogP) is 4.15. The first kappa shape index (κ1) is 10.8. The van der Waals surface area contributed by atoms with Gasteiger partial charge < -0.3 is 10.3 Å². The Morgan fingerprint density at radius 1 is 1.07 bits per heavy atom. The largest absolute Gasteiger partial charge is 0.378 e. The van der Waals surface area contributed by atoms with E-state index in [1.807, 2.05) is 30.5 Å². The van der Waals surface area contributed by atoms with Gasteiger partial charge in [0.25, 0.3) is 0 Å². The lowest BCUT2D eigenvalue weighted by Crippen LogP contribution is -2.00. The Kier molecular flexibility index (Phi) is 3.49. The highest BCUT2D eigenvalue weighted by Gasteiger charge is 2.03. The van der Waals surface area contributed by atoms with E-state index in [2.05, 4.69) is 48.2 Å². The van der Waals surface area contributed by atoms with Crippen LogP contribution in [0.5, 0.6) is 0 Å². The fourth-order valence-electron chi connectivity index (χ4n) is 1.33. The molecule has 15 heavy (non-hydrogen) atoms. The topological polar surface area (TPSA) is 27.8 Å². The number of anilines is 1. The molecule has 0 unspecified atom stereocenters. The van der Waals surface area contributed by atoms with Gasteiger partial charge in [0.05, 0.1) is 12.2 Å². The van der Waals surface area contributed by atoms with E-state index in [4.69, 9.17) is 0 Å². The first-order chi connectivity index (χ1) is 7.27. The summed E-state index contributed by atoms with van der Waals surface area (Å²) in [5.41, 5.74) is 2.24. The number of H-pyrrole nitrogens is 1. The van der Waals surface area contributed by atoms with Gasteiger partial charge in [0.1, 0.15) is 0 Å². The number of hydrogen-bond acceptors (Lipinski definition) is 1. The maximum absolute atomic E-state index is 3.51. The van der Waals surface area contributed by atoms with Crippen molar-refractivity contribution in [2.24, 2.45) is 0 Å². The summed E-state index contributed by atoms with van der Waals surface area (Å²) >= 11 is 7.02. The molecule has 0 bridgehead atoms. The number of halogens is 2. The van der Waals surface area contributed by atoms with E-state index in [9.17, 15) is 0 Å². The van der Waals surface area contributed by atoms with Gasteiger partial charge in [-0.15, -0.1) is 0 Å². The third-order valence-electron chi connectivity index (χ3n) is 2.08. The standard InChI is InChI=1S/C11H10Br2N2/c12-9-4-1-5-10(13)11(9)15-7-8-3-2-6-14-8/h1-6,14-15H,7H2. The molecule has 0 radical (unpaired) electrons. The lowest BCUT2D eigenvalue weighted by atomic mass is 10.3. The molecule has 0 saturated carbocycles. The Morgan fingerprint density at radius 3 is 2.40 bits per heavy atom. The molecule has 1 aromatic heterocycles. The minimum Gasteiger partial charge on any atom is -0.378 e. The van der Waals surface area contributed by atoms with Crippen molar-refractivity contribution < 1.29 is 0 Å². The van der Waals surface area contributed by atoms with Gasteiger partial charge in [0, 0.05) is 20.8 Å². The van der Waals surface area contributed by atoms with Crippen LogP contribution in [-0.4, -0.2) is 4.98 Å². The van der Waals surface area contributed by atoms with Crippen molar-refractivity contribution in [2.75, 3.05) is 5.32 Å². The SMILES string of the molecule is Brc1cccc(Br)c1NCc1ccc[nH]1. The summed E-state index contributed by atoms with van der Waals surface area (Å²) in [6.45, 7) is 0.786. The van der Waals surface area contributed by atoms with Gasteiger partial charge in [-0.2, -0.15) is 0 Å². The Labute approximate surface area is 105 Å². The van der Waals surface area contributed by atoms with Crippen LogP contribution in [0.15, 0.2) is 45.5 Å². The molecule has 0 spiro atoms. The highest BCUT2D eigenvalue weighted by molar-refractivity contribution is 9.11. The van der Waals surface area contributed by atoms with Crippen molar-refractivity contribution in [2.45, 2.75) is 6.54 Å². The smallest absolute Gasteiger partial charge is 0.0632 e. The normalized spacial score (nSPS) is 10.3. The lowest BCUT2D eigenvalue weighted by Gasteiger charge is -2.09. The third kappa shape index (κ3) is 2.63. The second-order valence-electron chi connectivity index (χ2n) is 3.15. The number of aromatic nitrogens is 1. The molecule has 78 valence electrons. The summed E-state index contributed by atoms with van der Waals surface area (Å²) in [6, 6.07) is 10.1. The Balaban J connectivity index is 2.11. The molecule has 0 atom stereocenters. The average Bonchev–Trinajstić information content (AvgIpc) is 2.70. The minimum atomic E-state index is 0.786. The quantitative estimate of drug-likeness (QED) is 0.869. The molecule has 0 fully saturated rings. The second-order valence-corrected chi connectivity index (χ2v) is 4.85. The van der Waals surface area contributed by atoms with E-state index in [1.54, 1.807) is 0 Å². The summed E-state index contributed by atoms with van der Waals surface area (Å²) in [5, 5.41) is 3.36. The molecule has 2 aromatic rings. The zero-order valence-electron chi connectivity index (χ0n) is 7.93. The van der Waals surface area contributed by atoms with Gasteiger partial charge in [-0.05, 0) is 56.1 Å². The maximum Gasteiger partial charge on any atom is 0.0632 e. The van der Waals surface area contributed by atoms with Gasteiger partial charge >= 0.3 is 0 Å². The molecule has 4 heteroatoms. The molecule has 0 aliphatic carbocycles. The monoisotopic (exact) mass is 328 g/mol. The van der Waals surface area contributed by atoms with Crippen LogP contribution in [0.2, 0.25) is 0 Å². The Hall–Kier alpha value is -0.740. The highest BCUT2D eigenvalue weighted by atomic mass is 79.9. The molecule has 1 heterocycles. The van der Waals surface area contributed by atoms with Gasteiger partial charge in [0.2, 0.25) is 0 Å². The summed E-state index contributed by atoms with van der Waals surface area (Å²) in [4.78, 5) is 3.15. The van der Waals surface area contributed by atoms with Crippen LogP contribution in [0.4, 0.5) is 5.69 Å². The lowest BCUT2D eigenvalue weighted by molar-refractivity contribution is 1.07. The van der Waals surface area contributed by atoms with Crippen LogP contribution < -0.4 is 5.32 Å². The van der Waals surface area contributed by atoms with Crippen LogP contribution in [0, 0.1) is 0 Å². The molecule has 0 saturated heterocycles. The zero-order valence-corrected chi connectivity index (χ0v) is 11.1. The van der Waals surface area contributed by atoms with Gasteiger partial charge in [0.15, 0.2) is 0 Å². The number of benzene rings is 1. The van der Waals surface area contributed by atoms with Crippen LogP contribution >= 0.6 is 31.9 Å². The molecule has 2 rings (SSSR count). The highest BCUT2D eigenvalue weighted by Crippen LogP contribution is 2.30. The molecular formula is C11H10Br2N2. The van der Waals surface area contributed by atoms with E-state index >= 15 is 0 Å². The summed E-state index contributed by atoms with van der Waals surface area (Å²) in [7, 11) is 0. The predicted molar refractivity (Wildman–Crippen MR) is 70.0 cm³/mol. The number of hydrogen-bond donors (Lipinski definition) is 2. The summed E-state index contributed by atoms with van der Waals surface area (Å²) < 4.78 is 2.12. The first-order valence-corrected chi connectivity index (χ1v) is 6.16. The second kappa shape index (κ2) is 4.86. The molecule has 0 amide bonds.